The van der Waals surface area contributed by atoms with Crippen molar-refractivity contribution < 1.29 is 0 Å². The number of allylic oxidation sites excluding steroid dienone is 1. The van der Waals surface area contributed by atoms with Gasteiger partial charge in [0.05, 0.1) is 0 Å². The first-order chi connectivity index (χ1) is 9.81. The Morgan fingerprint density at radius 3 is 2.15 bits per heavy atom. The van der Waals surface area contributed by atoms with Gasteiger partial charge in [-0.25, -0.2) is 0 Å². The molecule has 100 valence electrons. The maximum Gasteiger partial charge on any atom is 0.0413 e. The standard InChI is InChI=1S/C19H19N/c1-3-16-20(19-12-8-5-9-13-19)17(2)14-15-18-10-6-4-7-11-18/h3-15H,1-2,16H2/b15-14+. The number of hydrogen-bond donors (Lipinski definition) is 0. The SMILES string of the molecule is C=CCN(C(=C)/C=C/c1ccccc1)c1ccccc1. The first-order valence-electron chi connectivity index (χ1n) is 6.67. The van der Waals surface area contributed by atoms with Crippen molar-refractivity contribution in [3.8, 4) is 0 Å². The molecule has 0 aliphatic rings. The van der Waals surface area contributed by atoms with Crippen LogP contribution in [0.5, 0.6) is 0 Å². The summed E-state index contributed by atoms with van der Waals surface area (Å²) in [6.45, 7) is 8.71. The van der Waals surface area contributed by atoms with Gasteiger partial charge in [-0.2, -0.15) is 0 Å². The van der Waals surface area contributed by atoms with Crippen LogP contribution in [0.4, 0.5) is 5.69 Å². The summed E-state index contributed by atoms with van der Waals surface area (Å²) >= 11 is 0. The first kappa shape index (κ1) is 13.9. The zero-order valence-electron chi connectivity index (χ0n) is 11.6. The summed E-state index contributed by atoms with van der Waals surface area (Å²) in [7, 11) is 0. The molecular formula is C19H19N. The van der Waals surface area contributed by atoms with Crippen LogP contribution in [-0.2, 0) is 0 Å². The van der Waals surface area contributed by atoms with Crippen molar-refractivity contribution in [2.45, 2.75) is 0 Å². The first-order valence-corrected chi connectivity index (χ1v) is 6.67. The topological polar surface area (TPSA) is 3.24 Å². The van der Waals surface area contributed by atoms with Crippen molar-refractivity contribution in [1.82, 2.24) is 0 Å². The minimum absolute atomic E-state index is 0.738. The molecule has 0 aliphatic carbocycles. The average Bonchev–Trinajstić information content (AvgIpc) is 2.52. The molecule has 0 atom stereocenters. The van der Waals surface area contributed by atoms with Gasteiger partial charge in [0.25, 0.3) is 0 Å². The quantitative estimate of drug-likeness (QED) is 0.527. The molecule has 1 heteroatoms. The fourth-order valence-electron chi connectivity index (χ4n) is 1.97. The van der Waals surface area contributed by atoms with E-state index in [0.29, 0.717) is 0 Å². The molecule has 0 radical (unpaired) electrons. The lowest BCUT2D eigenvalue weighted by Crippen LogP contribution is -2.20. The zero-order valence-corrected chi connectivity index (χ0v) is 11.6. The van der Waals surface area contributed by atoms with E-state index in [-0.39, 0.29) is 0 Å². The van der Waals surface area contributed by atoms with E-state index in [4.69, 9.17) is 0 Å². The lowest BCUT2D eigenvalue weighted by Gasteiger charge is -2.23. The zero-order chi connectivity index (χ0) is 14.2. The molecule has 0 saturated carbocycles. The van der Waals surface area contributed by atoms with E-state index in [1.54, 1.807) is 0 Å². The summed E-state index contributed by atoms with van der Waals surface area (Å²) in [6.07, 6.45) is 5.99. The minimum atomic E-state index is 0.738. The number of hydrogen-bond acceptors (Lipinski definition) is 1. The number of anilines is 1. The molecule has 0 aliphatic heterocycles. The van der Waals surface area contributed by atoms with Crippen LogP contribution in [-0.4, -0.2) is 6.54 Å². The molecule has 0 unspecified atom stereocenters. The van der Waals surface area contributed by atoms with Crippen LogP contribution in [0.2, 0.25) is 0 Å². The molecule has 0 heterocycles. The second-order valence-corrected chi connectivity index (χ2v) is 4.47. The van der Waals surface area contributed by atoms with Crippen molar-refractivity contribution in [2.24, 2.45) is 0 Å². The maximum atomic E-state index is 4.16. The van der Waals surface area contributed by atoms with Crippen LogP contribution in [0.15, 0.2) is 91.7 Å². The Morgan fingerprint density at radius 1 is 0.950 bits per heavy atom. The summed E-state index contributed by atoms with van der Waals surface area (Å²) in [6, 6.07) is 20.4. The molecule has 0 spiro atoms. The molecule has 0 aromatic heterocycles. The molecule has 20 heavy (non-hydrogen) atoms. The van der Waals surface area contributed by atoms with Crippen LogP contribution in [0, 0.1) is 0 Å². The fraction of sp³-hybridized carbons (Fsp3) is 0.0526. The van der Waals surface area contributed by atoms with E-state index in [1.807, 2.05) is 48.6 Å². The third kappa shape index (κ3) is 3.72. The Hall–Kier alpha value is -2.54. The fourth-order valence-corrected chi connectivity index (χ4v) is 1.97. The number of benzene rings is 2. The average molecular weight is 261 g/mol. The van der Waals surface area contributed by atoms with Gasteiger partial charge in [-0.3, -0.25) is 0 Å². The van der Waals surface area contributed by atoms with E-state index in [9.17, 15) is 0 Å². The Balaban J connectivity index is 2.16. The van der Waals surface area contributed by atoms with E-state index >= 15 is 0 Å². The highest BCUT2D eigenvalue weighted by molar-refractivity contribution is 5.59. The molecule has 2 rings (SSSR count). The van der Waals surface area contributed by atoms with Crippen LogP contribution in [0.3, 0.4) is 0 Å². The van der Waals surface area contributed by atoms with Crippen molar-refractivity contribution in [1.29, 1.82) is 0 Å². The molecule has 0 amide bonds. The van der Waals surface area contributed by atoms with Gasteiger partial charge >= 0.3 is 0 Å². The maximum absolute atomic E-state index is 4.16. The van der Waals surface area contributed by atoms with Crippen LogP contribution >= 0.6 is 0 Å². The molecule has 0 fully saturated rings. The van der Waals surface area contributed by atoms with Crippen LogP contribution in [0.1, 0.15) is 5.56 Å². The Labute approximate surface area is 121 Å². The molecule has 0 saturated heterocycles. The van der Waals surface area contributed by atoms with Crippen molar-refractivity contribution in [3.63, 3.8) is 0 Å². The van der Waals surface area contributed by atoms with Gasteiger partial charge in [0.15, 0.2) is 0 Å². The van der Waals surface area contributed by atoms with E-state index in [1.165, 1.54) is 5.56 Å². The molecule has 0 bridgehead atoms. The van der Waals surface area contributed by atoms with Gasteiger partial charge < -0.3 is 4.90 Å². The van der Waals surface area contributed by atoms with Crippen LogP contribution in [0.25, 0.3) is 6.08 Å². The van der Waals surface area contributed by atoms with Gasteiger partial charge in [-0.1, -0.05) is 67.3 Å². The van der Waals surface area contributed by atoms with Crippen molar-refractivity contribution in [2.75, 3.05) is 11.4 Å². The van der Waals surface area contributed by atoms with Crippen molar-refractivity contribution >= 4 is 11.8 Å². The Bertz CT molecular complexity index is 582. The second-order valence-electron chi connectivity index (χ2n) is 4.47. The molecule has 2 aromatic carbocycles. The summed E-state index contributed by atoms with van der Waals surface area (Å²) in [5.41, 5.74) is 3.23. The van der Waals surface area contributed by atoms with Crippen molar-refractivity contribution in [3.05, 3.63) is 97.2 Å². The third-order valence-corrected chi connectivity index (χ3v) is 2.99. The highest BCUT2D eigenvalue weighted by atomic mass is 15.1. The molecular weight excluding hydrogens is 242 g/mol. The Kier molecular flexibility index (Phi) is 4.96. The smallest absolute Gasteiger partial charge is 0.0413 e. The number of rotatable bonds is 6. The minimum Gasteiger partial charge on any atom is -0.338 e. The molecule has 0 N–H and O–H groups in total. The largest absolute Gasteiger partial charge is 0.338 e. The van der Waals surface area contributed by atoms with Crippen LogP contribution < -0.4 is 4.90 Å². The van der Waals surface area contributed by atoms with Gasteiger partial charge in [-0.05, 0) is 23.8 Å². The highest BCUT2D eigenvalue weighted by Gasteiger charge is 2.05. The highest BCUT2D eigenvalue weighted by Crippen LogP contribution is 2.19. The van der Waals surface area contributed by atoms with Gasteiger partial charge in [0, 0.05) is 17.9 Å². The molecule has 1 nitrogen and oxygen atoms in total. The summed E-state index contributed by atoms with van der Waals surface area (Å²) < 4.78 is 0. The van der Waals surface area contributed by atoms with Gasteiger partial charge in [0.2, 0.25) is 0 Å². The predicted octanol–water partition coefficient (Wildman–Crippen LogP) is 4.91. The molecule has 2 aromatic rings. The normalized spacial score (nSPS) is 10.4. The predicted molar refractivity (Wildman–Crippen MR) is 88.6 cm³/mol. The van der Waals surface area contributed by atoms with E-state index < -0.39 is 0 Å². The lowest BCUT2D eigenvalue weighted by molar-refractivity contribution is 1.05. The summed E-state index contributed by atoms with van der Waals surface area (Å²) in [4.78, 5) is 2.13. The number of nitrogens with zero attached hydrogens (tertiary/aromatic N) is 1. The van der Waals surface area contributed by atoms with Gasteiger partial charge in [0.1, 0.15) is 0 Å². The number of para-hydroxylation sites is 1. The van der Waals surface area contributed by atoms with E-state index in [0.717, 1.165) is 17.9 Å². The Morgan fingerprint density at radius 2 is 1.55 bits per heavy atom. The van der Waals surface area contributed by atoms with E-state index in [2.05, 4.69) is 48.4 Å². The van der Waals surface area contributed by atoms with Gasteiger partial charge in [-0.15, -0.1) is 6.58 Å². The summed E-state index contributed by atoms with van der Waals surface area (Å²) in [5.74, 6) is 0. The lowest BCUT2D eigenvalue weighted by atomic mass is 10.2. The third-order valence-electron chi connectivity index (χ3n) is 2.99. The second kappa shape index (κ2) is 7.15. The summed E-state index contributed by atoms with van der Waals surface area (Å²) in [5, 5.41) is 0. The monoisotopic (exact) mass is 261 g/mol.